The third kappa shape index (κ3) is 6.73. The number of pyridine rings is 1. The van der Waals surface area contributed by atoms with Gasteiger partial charge in [0.05, 0.1) is 5.70 Å². The third-order valence-corrected chi connectivity index (χ3v) is 6.68. The number of carbonyl (C=O) groups is 5. The topological polar surface area (TPSA) is 137 Å². The maximum absolute atomic E-state index is 14.0. The van der Waals surface area contributed by atoms with Crippen LogP contribution in [0.3, 0.4) is 0 Å². The van der Waals surface area contributed by atoms with E-state index in [1.807, 2.05) is 0 Å². The lowest BCUT2D eigenvalue weighted by atomic mass is 9.96. The van der Waals surface area contributed by atoms with E-state index in [1.165, 1.54) is 22.2 Å². The molecule has 1 aromatic heterocycles. The van der Waals surface area contributed by atoms with Crippen LogP contribution in [0.2, 0.25) is 0 Å². The Hall–Kier alpha value is -5.12. The van der Waals surface area contributed by atoms with Gasteiger partial charge >= 0.3 is 5.97 Å². The number of nitrogens with one attached hydrogen (secondary N) is 1. The summed E-state index contributed by atoms with van der Waals surface area (Å²) < 4.78 is 0. The lowest BCUT2D eigenvalue weighted by molar-refractivity contribution is -0.150. The summed E-state index contributed by atoms with van der Waals surface area (Å²) in [6.45, 7) is 3.12. The van der Waals surface area contributed by atoms with Crippen LogP contribution in [-0.4, -0.2) is 68.0 Å². The van der Waals surface area contributed by atoms with Crippen molar-refractivity contribution in [1.29, 1.82) is 0 Å². The summed E-state index contributed by atoms with van der Waals surface area (Å²) in [4.78, 5) is 71.4. The highest BCUT2D eigenvalue weighted by Gasteiger charge is 2.41. The van der Waals surface area contributed by atoms with Gasteiger partial charge in [0, 0.05) is 30.6 Å². The molecule has 10 heteroatoms. The lowest BCUT2D eigenvalue weighted by Gasteiger charge is -2.41. The molecule has 3 amide bonds. The van der Waals surface area contributed by atoms with Crippen molar-refractivity contribution >= 4 is 35.2 Å². The van der Waals surface area contributed by atoms with Crippen molar-refractivity contribution in [2.24, 2.45) is 5.92 Å². The molecular formula is C31H30N4O6. The SMILES string of the molecule is CC(C)[C@H]1C(=O)N(CC(=O)N[C@@H](Cc2ccccc2)C(=O)C(=O)O)C(c2ccccc2)=CN1C(=O)c1ccncc1. The minimum Gasteiger partial charge on any atom is -0.475 e. The fraction of sp³-hybridized carbons (Fsp3) is 0.226. The van der Waals surface area contributed by atoms with Crippen LogP contribution in [0.4, 0.5) is 0 Å². The summed E-state index contributed by atoms with van der Waals surface area (Å²) in [5.74, 6) is -4.75. The van der Waals surface area contributed by atoms with E-state index < -0.39 is 48.1 Å². The molecule has 0 aliphatic carbocycles. The number of carboxylic acids is 1. The summed E-state index contributed by atoms with van der Waals surface area (Å²) >= 11 is 0. The second-order valence-corrected chi connectivity index (χ2v) is 9.92. The van der Waals surface area contributed by atoms with Crippen LogP contribution in [0.5, 0.6) is 0 Å². The molecule has 2 heterocycles. The molecule has 0 bridgehead atoms. The molecular weight excluding hydrogens is 524 g/mol. The fourth-order valence-corrected chi connectivity index (χ4v) is 4.71. The Morgan fingerprint density at radius 2 is 1.54 bits per heavy atom. The van der Waals surface area contributed by atoms with Crippen LogP contribution >= 0.6 is 0 Å². The van der Waals surface area contributed by atoms with E-state index in [0.717, 1.165) is 0 Å². The van der Waals surface area contributed by atoms with Crippen molar-refractivity contribution in [3.8, 4) is 0 Å². The summed E-state index contributed by atoms with van der Waals surface area (Å²) in [6, 6.07) is 18.4. The number of rotatable bonds is 10. The number of amides is 3. The van der Waals surface area contributed by atoms with Crippen molar-refractivity contribution in [3.05, 3.63) is 108 Å². The second kappa shape index (κ2) is 12.8. The minimum atomic E-state index is -1.67. The zero-order valence-corrected chi connectivity index (χ0v) is 22.6. The van der Waals surface area contributed by atoms with Gasteiger partial charge in [-0.15, -0.1) is 0 Å². The first-order valence-electron chi connectivity index (χ1n) is 13.1. The fourth-order valence-electron chi connectivity index (χ4n) is 4.71. The zero-order chi connectivity index (χ0) is 29.5. The summed E-state index contributed by atoms with van der Waals surface area (Å²) in [6.07, 6.45) is 4.51. The predicted octanol–water partition coefficient (Wildman–Crippen LogP) is 2.77. The molecule has 0 saturated carbocycles. The van der Waals surface area contributed by atoms with Crippen molar-refractivity contribution in [3.63, 3.8) is 0 Å². The minimum absolute atomic E-state index is 0.0319. The summed E-state index contributed by atoms with van der Waals surface area (Å²) in [5, 5.41) is 11.9. The number of aromatic nitrogens is 1. The molecule has 3 aromatic rings. The van der Waals surface area contributed by atoms with Crippen molar-refractivity contribution in [1.82, 2.24) is 20.1 Å². The first kappa shape index (κ1) is 28.9. The number of hydrogen-bond donors (Lipinski definition) is 2. The number of benzene rings is 2. The molecule has 41 heavy (non-hydrogen) atoms. The Morgan fingerprint density at radius 3 is 2.12 bits per heavy atom. The highest BCUT2D eigenvalue weighted by Crippen LogP contribution is 2.31. The Morgan fingerprint density at radius 1 is 0.927 bits per heavy atom. The number of carboxylic acid groups (broad SMARTS) is 1. The predicted molar refractivity (Wildman–Crippen MR) is 150 cm³/mol. The second-order valence-electron chi connectivity index (χ2n) is 9.92. The summed E-state index contributed by atoms with van der Waals surface area (Å²) in [7, 11) is 0. The van der Waals surface area contributed by atoms with E-state index in [9.17, 15) is 29.1 Å². The highest BCUT2D eigenvalue weighted by molar-refractivity contribution is 6.35. The molecule has 1 aliphatic heterocycles. The Labute approximate surface area is 237 Å². The third-order valence-electron chi connectivity index (χ3n) is 6.68. The van der Waals surface area contributed by atoms with Gasteiger partial charge in [0.2, 0.25) is 5.91 Å². The molecule has 210 valence electrons. The van der Waals surface area contributed by atoms with Crippen molar-refractivity contribution in [2.75, 3.05) is 6.54 Å². The van der Waals surface area contributed by atoms with Crippen LogP contribution < -0.4 is 5.32 Å². The Balaban J connectivity index is 1.68. The van der Waals surface area contributed by atoms with E-state index in [4.69, 9.17) is 0 Å². The zero-order valence-electron chi connectivity index (χ0n) is 22.6. The van der Waals surface area contributed by atoms with Gasteiger partial charge in [-0.3, -0.25) is 29.1 Å². The first-order chi connectivity index (χ1) is 19.7. The molecule has 4 rings (SSSR count). The molecule has 2 atom stereocenters. The molecule has 0 fully saturated rings. The summed E-state index contributed by atoms with van der Waals surface area (Å²) in [5.41, 5.74) is 1.92. The van der Waals surface area contributed by atoms with Gasteiger partial charge in [-0.05, 0) is 29.2 Å². The number of aliphatic carboxylic acids is 1. The Kier molecular flexibility index (Phi) is 9.03. The van der Waals surface area contributed by atoms with Gasteiger partial charge in [0.25, 0.3) is 17.6 Å². The number of nitrogens with zero attached hydrogens (tertiary/aromatic N) is 3. The molecule has 10 nitrogen and oxygen atoms in total. The van der Waals surface area contributed by atoms with Gasteiger partial charge in [0.15, 0.2) is 0 Å². The maximum Gasteiger partial charge on any atom is 0.374 e. The van der Waals surface area contributed by atoms with Crippen LogP contribution in [0.1, 0.15) is 35.3 Å². The lowest BCUT2D eigenvalue weighted by Crippen LogP contribution is -2.57. The number of carbonyl (C=O) groups excluding carboxylic acids is 4. The first-order valence-corrected chi connectivity index (χ1v) is 13.1. The number of ketones is 1. The van der Waals surface area contributed by atoms with Crippen molar-refractivity contribution in [2.45, 2.75) is 32.4 Å². The van der Waals surface area contributed by atoms with E-state index >= 15 is 0 Å². The van der Waals surface area contributed by atoms with E-state index in [-0.39, 0.29) is 12.3 Å². The van der Waals surface area contributed by atoms with Gasteiger partial charge in [-0.25, -0.2) is 4.79 Å². The van der Waals surface area contributed by atoms with Crippen LogP contribution in [-0.2, 0) is 25.6 Å². The standard InChI is InChI=1S/C31H30N4O6/c1-20(2)27-30(39)34(19-26(36)33-24(28(37)31(40)41)17-21-9-5-3-6-10-21)25(22-11-7-4-8-12-22)18-35(27)29(38)23-13-15-32-16-14-23/h3-16,18,20,24,27H,17,19H2,1-2H3,(H,33,36)(H,40,41)/t24-,27-/m0/s1. The average molecular weight is 555 g/mol. The van der Waals surface area contributed by atoms with E-state index in [2.05, 4.69) is 10.3 Å². The van der Waals surface area contributed by atoms with E-state index in [1.54, 1.807) is 92.8 Å². The number of Topliss-reactive ketones (excluding diaryl/α,β-unsaturated/α-hetero) is 1. The molecule has 0 radical (unpaired) electrons. The van der Waals surface area contributed by atoms with Crippen LogP contribution in [0.25, 0.3) is 5.70 Å². The van der Waals surface area contributed by atoms with Gasteiger partial charge in [0.1, 0.15) is 18.6 Å². The van der Waals surface area contributed by atoms with Gasteiger partial charge in [-0.2, -0.15) is 0 Å². The largest absolute Gasteiger partial charge is 0.475 e. The average Bonchev–Trinajstić information content (AvgIpc) is 2.98. The maximum atomic E-state index is 14.0. The normalized spacial score (nSPS) is 15.7. The molecule has 0 unspecified atom stereocenters. The molecule has 0 saturated heterocycles. The smallest absolute Gasteiger partial charge is 0.374 e. The van der Waals surface area contributed by atoms with Crippen LogP contribution in [0, 0.1) is 5.92 Å². The van der Waals surface area contributed by atoms with E-state index in [0.29, 0.717) is 22.4 Å². The van der Waals surface area contributed by atoms with Gasteiger partial charge in [-0.1, -0.05) is 74.5 Å². The van der Waals surface area contributed by atoms with Gasteiger partial charge < -0.3 is 15.3 Å². The monoisotopic (exact) mass is 554 g/mol. The molecule has 1 aliphatic rings. The molecule has 2 N–H and O–H groups in total. The van der Waals surface area contributed by atoms with Crippen molar-refractivity contribution < 1.29 is 29.1 Å². The molecule has 2 aromatic carbocycles. The number of hydrogen-bond acceptors (Lipinski definition) is 6. The quantitative estimate of drug-likeness (QED) is 0.368. The van der Waals surface area contributed by atoms with Crippen LogP contribution in [0.15, 0.2) is 91.4 Å². The highest BCUT2D eigenvalue weighted by atomic mass is 16.4. The Bertz CT molecular complexity index is 1460. The molecule has 0 spiro atoms.